The van der Waals surface area contributed by atoms with E-state index in [2.05, 4.69) is 25.1 Å². The van der Waals surface area contributed by atoms with Gasteiger partial charge in [-0.25, -0.2) is 15.0 Å². The number of rotatable bonds is 3. The van der Waals surface area contributed by atoms with Crippen molar-refractivity contribution < 1.29 is 9.57 Å². The second-order valence-corrected chi connectivity index (χ2v) is 2.46. The maximum absolute atomic E-state index is 5.01. The van der Waals surface area contributed by atoms with Crippen molar-refractivity contribution >= 4 is 0 Å². The molecule has 0 aromatic carbocycles. The van der Waals surface area contributed by atoms with Crippen molar-refractivity contribution in [2.75, 3.05) is 14.2 Å². The number of ether oxygens (including phenoxy) is 1. The molecular formula is C7H8N6O2. The molecule has 2 aromatic heterocycles. The van der Waals surface area contributed by atoms with Gasteiger partial charge in [0, 0.05) is 0 Å². The van der Waals surface area contributed by atoms with E-state index in [0.717, 1.165) is 4.96 Å². The van der Waals surface area contributed by atoms with Gasteiger partial charge in [-0.3, -0.25) is 0 Å². The molecule has 78 valence electrons. The lowest BCUT2D eigenvalue weighted by Crippen LogP contribution is -2.09. The summed E-state index contributed by atoms with van der Waals surface area (Å²) in [5, 5.41) is 7.86. The van der Waals surface area contributed by atoms with E-state index < -0.39 is 0 Å². The fraction of sp³-hybridized carbons (Fsp3) is 0.286. The molecule has 0 atom stereocenters. The summed E-state index contributed by atoms with van der Waals surface area (Å²) in [6.07, 6.45) is 2.74. The molecule has 8 heteroatoms. The zero-order chi connectivity index (χ0) is 10.7. The predicted molar refractivity (Wildman–Crippen MR) is 47.9 cm³/mol. The Labute approximate surface area is 84.9 Å². The van der Waals surface area contributed by atoms with Crippen LogP contribution in [0.2, 0.25) is 0 Å². The van der Waals surface area contributed by atoms with Crippen LogP contribution in [0, 0.1) is 0 Å². The van der Waals surface area contributed by atoms with E-state index >= 15 is 0 Å². The van der Waals surface area contributed by atoms with Crippen LogP contribution in [0.1, 0.15) is 0 Å². The maximum Gasteiger partial charge on any atom is 0.268 e. The standard InChI is InChI=1S/C7H8N6O2/c1-14-7-5(11-13(12-7)15-2)6-9-3-8-4-10-6/h3-4H,1-2H3. The van der Waals surface area contributed by atoms with Crippen molar-refractivity contribution in [3.63, 3.8) is 0 Å². The molecule has 0 radical (unpaired) electrons. The minimum atomic E-state index is 0.294. The van der Waals surface area contributed by atoms with E-state index in [1.165, 1.54) is 26.9 Å². The maximum atomic E-state index is 5.01. The first-order valence-corrected chi connectivity index (χ1v) is 4.03. The van der Waals surface area contributed by atoms with Crippen LogP contribution in [-0.2, 0) is 0 Å². The van der Waals surface area contributed by atoms with Gasteiger partial charge in [0.15, 0.2) is 11.5 Å². The van der Waals surface area contributed by atoms with Crippen molar-refractivity contribution in [2.24, 2.45) is 0 Å². The van der Waals surface area contributed by atoms with Gasteiger partial charge >= 0.3 is 0 Å². The van der Waals surface area contributed by atoms with Crippen LogP contribution in [0.5, 0.6) is 5.88 Å². The summed E-state index contributed by atoms with van der Waals surface area (Å²) in [7, 11) is 2.92. The van der Waals surface area contributed by atoms with Crippen LogP contribution in [0.15, 0.2) is 12.7 Å². The highest BCUT2D eigenvalue weighted by Gasteiger charge is 2.16. The second-order valence-electron chi connectivity index (χ2n) is 2.46. The van der Waals surface area contributed by atoms with E-state index in [4.69, 9.17) is 9.57 Å². The molecule has 15 heavy (non-hydrogen) atoms. The number of hydrogen-bond donors (Lipinski definition) is 0. The molecule has 0 bridgehead atoms. The predicted octanol–water partition coefficient (Wildman–Crippen LogP) is -0.803. The molecule has 0 aliphatic heterocycles. The largest absolute Gasteiger partial charge is 0.478 e. The van der Waals surface area contributed by atoms with Crippen LogP contribution in [0.4, 0.5) is 0 Å². The van der Waals surface area contributed by atoms with E-state index in [1.807, 2.05) is 0 Å². The topological polar surface area (TPSA) is 87.8 Å². The second kappa shape index (κ2) is 3.86. The summed E-state index contributed by atoms with van der Waals surface area (Å²) in [5.74, 6) is 0.674. The summed E-state index contributed by atoms with van der Waals surface area (Å²) in [6, 6.07) is 0. The molecule has 0 spiro atoms. The third kappa shape index (κ3) is 1.68. The van der Waals surface area contributed by atoms with Crippen molar-refractivity contribution in [3.8, 4) is 17.4 Å². The van der Waals surface area contributed by atoms with Crippen LogP contribution < -0.4 is 9.57 Å². The first-order valence-electron chi connectivity index (χ1n) is 4.03. The molecule has 2 aromatic rings. The first-order chi connectivity index (χ1) is 7.35. The Hall–Kier alpha value is -2.25. The van der Waals surface area contributed by atoms with E-state index in [-0.39, 0.29) is 0 Å². The van der Waals surface area contributed by atoms with Gasteiger partial charge in [-0.2, -0.15) is 0 Å². The molecule has 0 saturated heterocycles. The Bertz CT molecular complexity index is 442. The molecule has 0 saturated carbocycles. The molecule has 0 N–H and O–H groups in total. The summed E-state index contributed by atoms with van der Waals surface area (Å²) >= 11 is 0. The van der Waals surface area contributed by atoms with Crippen LogP contribution >= 0.6 is 0 Å². The van der Waals surface area contributed by atoms with Crippen molar-refractivity contribution in [1.82, 2.24) is 30.1 Å². The molecule has 0 amide bonds. The fourth-order valence-electron chi connectivity index (χ4n) is 0.997. The molecule has 0 aliphatic rings. The normalized spacial score (nSPS) is 10.0. The summed E-state index contributed by atoms with van der Waals surface area (Å²) in [4.78, 5) is 17.4. The lowest BCUT2D eigenvalue weighted by atomic mass is 10.4. The zero-order valence-corrected chi connectivity index (χ0v) is 8.15. The minimum absolute atomic E-state index is 0.294. The van der Waals surface area contributed by atoms with Crippen molar-refractivity contribution in [1.29, 1.82) is 0 Å². The van der Waals surface area contributed by atoms with Crippen LogP contribution in [0.3, 0.4) is 0 Å². The average molecular weight is 208 g/mol. The minimum Gasteiger partial charge on any atom is -0.478 e. The summed E-state index contributed by atoms with van der Waals surface area (Å²) < 4.78 is 5.01. The fourth-order valence-corrected chi connectivity index (χ4v) is 0.997. The highest BCUT2D eigenvalue weighted by molar-refractivity contribution is 5.54. The number of nitrogens with zero attached hydrogens (tertiary/aromatic N) is 6. The Morgan fingerprint density at radius 3 is 2.47 bits per heavy atom. The average Bonchev–Trinajstić information content (AvgIpc) is 2.73. The third-order valence-electron chi connectivity index (χ3n) is 1.63. The Kier molecular flexibility index (Phi) is 2.40. The smallest absolute Gasteiger partial charge is 0.268 e. The number of methoxy groups -OCH3 is 1. The lowest BCUT2D eigenvalue weighted by molar-refractivity contribution is 0.0973. The van der Waals surface area contributed by atoms with Crippen LogP contribution in [0.25, 0.3) is 11.5 Å². The zero-order valence-electron chi connectivity index (χ0n) is 8.15. The number of aromatic nitrogens is 6. The van der Waals surface area contributed by atoms with Crippen LogP contribution in [-0.4, -0.2) is 44.3 Å². The molecular weight excluding hydrogens is 200 g/mol. The van der Waals surface area contributed by atoms with Gasteiger partial charge in [0.1, 0.15) is 19.8 Å². The monoisotopic (exact) mass is 208 g/mol. The van der Waals surface area contributed by atoms with Gasteiger partial charge < -0.3 is 9.57 Å². The van der Waals surface area contributed by atoms with Gasteiger partial charge in [0.2, 0.25) is 0 Å². The Balaban J connectivity index is 2.47. The van der Waals surface area contributed by atoms with Crippen molar-refractivity contribution in [3.05, 3.63) is 12.7 Å². The summed E-state index contributed by atoms with van der Waals surface area (Å²) in [5.41, 5.74) is 0.404. The highest BCUT2D eigenvalue weighted by Crippen LogP contribution is 2.20. The molecule has 2 heterocycles. The molecule has 8 nitrogen and oxygen atoms in total. The lowest BCUT2D eigenvalue weighted by Gasteiger charge is -1.94. The molecule has 2 rings (SSSR count). The van der Waals surface area contributed by atoms with Gasteiger partial charge in [-0.1, -0.05) is 5.10 Å². The Morgan fingerprint density at radius 2 is 1.87 bits per heavy atom. The Morgan fingerprint density at radius 1 is 1.13 bits per heavy atom. The van der Waals surface area contributed by atoms with Gasteiger partial charge in [-0.15, -0.1) is 5.10 Å². The van der Waals surface area contributed by atoms with Gasteiger partial charge in [0.25, 0.3) is 5.88 Å². The van der Waals surface area contributed by atoms with Crippen molar-refractivity contribution in [2.45, 2.75) is 0 Å². The third-order valence-corrected chi connectivity index (χ3v) is 1.63. The summed E-state index contributed by atoms with van der Waals surface area (Å²) in [6.45, 7) is 0. The number of hydrogen-bond acceptors (Lipinski definition) is 7. The van der Waals surface area contributed by atoms with E-state index in [0.29, 0.717) is 17.4 Å². The molecule has 0 aliphatic carbocycles. The molecule has 0 fully saturated rings. The molecule has 0 unspecified atom stereocenters. The first kappa shape index (κ1) is 9.31. The quantitative estimate of drug-likeness (QED) is 0.652. The van der Waals surface area contributed by atoms with E-state index in [9.17, 15) is 0 Å². The van der Waals surface area contributed by atoms with E-state index in [1.54, 1.807) is 0 Å². The highest BCUT2D eigenvalue weighted by atomic mass is 16.7. The SMILES string of the molecule is COc1nn(OC)nc1-c1ncncn1. The van der Waals surface area contributed by atoms with Gasteiger partial charge in [0.05, 0.1) is 7.11 Å². The van der Waals surface area contributed by atoms with Gasteiger partial charge in [-0.05, 0) is 4.96 Å².